The van der Waals surface area contributed by atoms with Gasteiger partial charge in [-0.15, -0.1) is 0 Å². The fourth-order valence-corrected chi connectivity index (χ4v) is 4.23. The summed E-state index contributed by atoms with van der Waals surface area (Å²) in [6.45, 7) is -0.0346. The molecule has 2 aliphatic heterocycles. The highest BCUT2D eigenvalue weighted by Gasteiger charge is 2.59. The fourth-order valence-electron chi connectivity index (χ4n) is 2.77. The van der Waals surface area contributed by atoms with E-state index >= 15 is 0 Å². The van der Waals surface area contributed by atoms with E-state index in [1.165, 1.54) is 6.08 Å². The number of benzene rings is 1. The minimum atomic E-state index is -1.47. The summed E-state index contributed by atoms with van der Waals surface area (Å²) >= 11 is -1.47. The van der Waals surface area contributed by atoms with Crippen LogP contribution in [0.5, 0.6) is 0 Å². The van der Waals surface area contributed by atoms with Gasteiger partial charge in [0, 0.05) is 0 Å². The van der Waals surface area contributed by atoms with Crippen LogP contribution in [0.25, 0.3) is 0 Å². The zero-order chi connectivity index (χ0) is 18.0. The van der Waals surface area contributed by atoms with E-state index in [1.54, 1.807) is 24.3 Å². The van der Waals surface area contributed by atoms with Crippen LogP contribution in [-0.2, 0) is 41.5 Å². The number of rotatable bonds is 5. The molecule has 0 radical (unpaired) electrons. The zero-order valence-corrected chi connectivity index (χ0v) is 13.7. The van der Waals surface area contributed by atoms with Gasteiger partial charge in [-0.1, -0.05) is 30.3 Å². The summed E-state index contributed by atoms with van der Waals surface area (Å²) in [6.07, 6.45) is 1.37. The van der Waals surface area contributed by atoms with Crippen LogP contribution in [0.1, 0.15) is 5.56 Å². The number of esters is 1. The quantitative estimate of drug-likeness (QED) is 0.242. The van der Waals surface area contributed by atoms with E-state index < -0.39 is 34.5 Å². The third kappa shape index (κ3) is 3.28. The Morgan fingerprint density at radius 3 is 2.76 bits per heavy atom. The smallest absolute Gasteiger partial charge is 0.362 e. The van der Waals surface area contributed by atoms with E-state index in [0.29, 0.717) is 0 Å². The van der Waals surface area contributed by atoms with E-state index in [2.05, 4.69) is 10.1 Å². The molecule has 0 aromatic heterocycles. The molecule has 2 unspecified atom stereocenters. The molecule has 25 heavy (non-hydrogen) atoms. The first-order chi connectivity index (χ1) is 12.0. The number of hydrogen-bond donors (Lipinski definition) is 1. The number of amides is 2. The van der Waals surface area contributed by atoms with Crippen molar-refractivity contribution in [2.24, 2.45) is 0 Å². The lowest BCUT2D eigenvalue weighted by molar-refractivity contribution is -0.156. The molecular formula is C16H14N2O6S. The molecule has 130 valence electrons. The Balaban J connectivity index is 1.68. The van der Waals surface area contributed by atoms with Crippen molar-refractivity contribution < 1.29 is 28.5 Å². The lowest BCUT2D eigenvalue weighted by Gasteiger charge is -2.47. The molecule has 1 fully saturated rings. The largest absolute Gasteiger partial charge is 0.614 e. The molecule has 0 spiro atoms. The Morgan fingerprint density at radius 1 is 1.36 bits per heavy atom. The fraction of sp³-hybridized carbons (Fsp3) is 0.250. The molecule has 0 saturated carbocycles. The number of β-lactam (4-membered cyclic amide) rings is 1. The summed E-state index contributed by atoms with van der Waals surface area (Å²) in [5.74, 6) is -1.90. The van der Waals surface area contributed by atoms with Crippen molar-refractivity contribution in [1.29, 1.82) is 0 Å². The highest BCUT2D eigenvalue weighted by molar-refractivity contribution is 7.92. The summed E-state index contributed by atoms with van der Waals surface area (Å²) in [5.41, 5.74) is 0.652. The maximum absolute atomic E-state index is 12.3. The molecule has 3 atom stereocenters. The second-order valence-corrected chi connectivity index (χ2v) is 7.02. The van der Waals surface area contributed by atoms with Crippen molar-refractivity contribution in [3.8, 4) is 0 Å². The average Bonchev–Trinajstić information content (AvgIpc) is 2.60. The molecule has 0 bridgehead atoms. The maximum Gasteiger partial charge on any atom is 0.362 e. The Labute approximate surface area is 146 Å². The van der Waals surface area contributed by atoms with Gasteiger partial charge < -0.3 is 14.6 Å². The second-order valence-electron chi connectivity index (χ2n) is 5.44. The van der Waals surface area contributed by atoms with Gasteiger partial charge in [-0.2, -0.15) is 0 Å². The molecule has 1 aromatic rings. The molecule has 1 aromatic carbocycles. The number of carbonyl (C=O) groups excluding carboxylic acids is 4. The van der Waals surface area contributed by atoms with E-state index in [0.717, 1.165) is 10.5 Å². The van der Waals surface area contributed by atoms with E-state index in [9.17, 15) is 23.7 Å². The van der Waals surface area contributed by atoms with Gasteiger partial charge in [-0.3, -0.25) is 19.3 Å². The predicted octanol–water partition coefficient (Wildman–Crippen LogP) is -0.772. The van der Waals surface area contributed by atoms with Gasteiger partial charge in [0.2, 0.25) is 11.3 Å². The molecule has 8 nitrogen and oxygen atoms in total. The average molecular weight is 362 g/mol. The number of nitrogens with one attached hydrogen (secondary N) is 1. The molecule has 9 heteroatoms. The Kier molecular flexibility index (Phi) is 4.86. The molecule has 1 N–H and O–H groups in total. The second kappa shape index (κ2) is 7.08. The van der Waals surface area contributed by atoms with E-state index in [-0.39, 0.29) is 30.3 Å². The molecule has 2 aliphatic rings. The predicted molar refractivity (Wildman–Crippen MR) is 86.0 cm³/mol. The zero-order valence-electron chi connectivity index (χ0n) is 12.9. The first-order valence-corrected chi connectivity index (χ1v) is 8.79. The highest BCUT2D eigenvalue weighted by atomic mass is 32.2. The van der Waals surface area contributed by atoms with Crippen LogP contribution in [0.15, 0.2) is 42.1 Å². The number of fused-ring (bicyclic) bond motifs is 1. The van der Waals surface area contributed by atoms with Gasteiger partial charge in [0.25, 0.3) is 5.91 Å². The van der Waals surface area contributed by atoms with Gasteiger partial charge in [0.15, 0.2) is 6.04 Å². The van der Waals surface area contributed by atoms with E-state index in [4.69, 9.17) is 0 Å². The van der Waals surface area contributed by atoms with Gasteiger partial charge >= 0.3 is 12.4 Å². The lowest BCUT2D eigenvalue weighted by Crippen LogP contribution is -2.74. The third-order valence-electron chi connectivity index (χ3n) is 3.90. The SMILES string of the molecule is O=COC(=O)C1=CC[S+]([O-])[C@H]2C(NC(=O)Cc3ccccc3)C(=O)N12. The van der Waals surface area contributed by atoms with Crippen LogP contribution < -0.4 is 5.32 Å². The summed E-state index contributed by atoms with van der Waals surface area (Å²) in [4.78, 5) is 47.4. The van der Waals surface area contributed by atoms with Crippen LogP contribution in [-0.4, -0.2) is 50.9 Å². The molecular weight excluding hydrogens is 348 g/mol. The number of hydrogen-bond acceptors (Lipinski definition) is 6. The van der Waals surface area contributed by atoms with Gasteiger partial charge in [-0.05, 0) is 22.8 Å². The normalized spacial score (nSPS) is 24.5. The monoisotopic (exact) mass is 362 g/mol. The summed E-state index contributed by atoms with van der Waals surface area (Å²) < 4.78 is 16.4. The van der Waals surface area contributed by atoms with Crippen LogP contribution >= 0.6 is 0 Å². The molecule has 3 rings (SSSR count). The van der Waals surface area contributed by atoms with E-state index in [1.807, 2.05) is 6.07 Å². The highest BCUT2D eigenvalue weighted by Crippen LogP contribution is 2.34. The summed E-state index contributed by atoms with van der Waals surface area (Å²) in [6, 6.07) is 8.01. The molecule has 2 amide bonds. The first-order valence-electron chi connectivity index (χ1n) is 7.41. The van der Waals surface area contributed by atoms with Crippen LogP contribution in [0.2, 0.25) is 0 Å². The van der Waals surface area contributed by atoms with Crippen molar-refractivity contribution in [3.05, 3.63) is 47.7 Å². The Morgan fingerprint density at radius 2 is 2.08 bits per heavy atom. The first kappa shape index (κ1) is 17.2. The minimum absolute atomic E-state index is 0.0305. The van der Waals surface area contributed by atoms with Crippen LogP contribution in [0, 0.1) is 0 Å². The van der Waals surface area contributed by atoms with Crippen molar-refractivity contribution in [3.63, 3.8) is 0 Å². The maximum atomic E-state index is 12.3. The molecule has 1 saturated heterocycles. The Hall–Kier alpha value is -2.65. The van der Waals surface area contributed by atoms with Gasteiger partial charge in [-0.25, -0.2) is 4.79 Å². The number of nitrogens with zero attached hydrogens (tertiary/aromatic N) is 1. The standard InChI is InChI=1S/C16H14N2O6S/c19-9-24-16(22)11-6-7-25(23)15-13(14(21)18(11)15)17-12(20)8-10-4-2-1-3-5-10/h1-6,9,13,15H,7-8H2,(H,17,20)/t13?,15-,25?/m0/s1. The van der Waals surface area contributed by atoms with Crippen LogP contribution in [0.4, 0.5) is 0 Å². The van der Waals surface area contributed by atoms with Crippen molar-refractivity contribution in [2.75, 3.05) is 5.75 Å². The number of carbonyl (C=O) groups is 4. The van der Waals surface area contributed by atoms with Crippen molar-refractivity contribution >= 4 is 35.4 Å². The third-order valence-corrected chi connectivity index (χ3v) is 5.42. The Bertz CT molecular complexity index is 750. The van der Waals surface area contributed by atoms with Crippen LogP contribution in [0.3, 0.4) is 0 Å². The molecule has 0 aliphatic carbocycles. The van der Waals surface area contributed by atoms with Gasteiger partial charge in [0.1, 0.15) is 11.4 Å². The van der Waals surface area contributed by atoms with Gasteiger partial charge in [0.05, 0.1) is 6.42 Å². The summed E-state index contributed by atoms with van der Waals surface area (Å²) in [7, 11) is 0. The topological polar surface area (TPSA) is 116 Å². The summed E-state index contributed by atoms with van der Waals surface area (Å²) in [5, 5.41) is 1.72. The number of ether oxygens (including phenoxy) is 1. The molecule has 2 heterocycles. The lowest BCUT2D eigenvalue weighted by atomic mass is 10.0. The minimum Gasteiger partial charge on any atom is -0.614 e. The van der Waals surface area contributed by atoms with Crippen molar-refractivity contribution in [2.45, 2.75) is 17.8 Å². The van der Waals surface area contributed by atoms with Crippen molar-refractivity contribution in [1.82, 2.24) is 10.2 Å².